The van der Waals surface area contributed by atoms with Crippen LogP contribution in [0.1, 0.15) is 181 Å². The first-order chi connectivity index (χ1) is 28.1. The van der Waals surface area contributed by atoms with Crippen LogP contribution in [0.2, 0.25) is 0 Å². The molecule has 4 N–H and O–H groups in total. The summed E-state index contributed by atoms with van der Waals surface area (Å²) in [6.07, 6.45) is 23.8. The second kappa shape index (κ2) is 30.6. The monoisotopic (exact) mass is 825 g/mol. The van der Waals surface area contributed by atoms with Crippen LogP contribution < -0.4 is 21.3 Å². The largest absolute Gasteiger partial charge is 0.356 e. The van der Waals surface area contributed by atoms with Gasteiger partial charge in [-0.2, -0.15) is 0 Å². The summed E-state index contributed by atoms with van der Waals surface area (Å²) in [4.78, 5) is 49.2. The number of amides is 4. The van der Waals surface area contributed by atoms with Crippen molar-refractivity contribution >= 4 is 23.6 Å². The van der Waals surface area contributed by atoms with E-state index >= 15 is 0 Å². The molecule has 0 spiro atoms. The number of carbonyl (C=O) groups excluding carboxylic acids is 4. The van der Waals surface area contributed by atoms with Gasteiger partial charge in [0.25, 0.3) is 11.9 Å². The topological polar surface area (TPSA) is 172 Å². The van der Waals surface area contributed by atoms with Gasteiger partial charge in [0.05, 0.1) is 26.4 Å². The summed E-state index contributed by atoms with van der Waals surface area (Å²) in [6, 6.07) is 0. The maximum atomic E-state index is 12.4. The van der Waals surface area contributed by atoms with E-state index in [0.717, 1.165) is 141 Å². The van der Waals surface area contributed by atoms with Crippen LogP contribution >= 0.6 is 0 Å². The van der Waals surface area contributed by atoms with Gasteiger partial charge >= 0.3 is 0 Å². The van der Waals surface area contributed by atoms with Gasteiger partial charge in [-0.25, -0.2) is 0 Å². The Morgan fingerprint density at radius 1 is 0.379 bits per heavy atom. The summed E-state index contributed by atoms with van der Waals surface area (Å²) in [5.74, 6) is -1.88. The van der Waals surface area contributed by atoms with Gasteiger partial charge in [-0.1, -0.05) is 77.0 Å². The normalized spacial score (nSPS) is 30.7. The fourth-order valence-electron chi connectivity index (χ4n) is 7.43. The first kappa shape index (κ1) is 50.0. The molecule has 4 amide bonds. The van der Waals surface area contributed by atoms with Gasteiger partial charge in [-0.05, 0) is 64.2 Å². The number of fused-ring (bicyclic) bond motifs is 4. The van der Waals surface area contributed by atoms with Crippen LogP contribution in [-0.2, 0) is 47.6 Å². The number of hydrogen-bond acceptors (Lipinski definition) is 10. The Bertz CT molecular complexity index is 1060. The van der Waals surface area contributed by atoms with Gasteiger partial charge in [0.1, 0.15) is 12.2 Å². The van der Waals surface area contributed by atoms with Crippen molar-refractivity contribution in [1.82, 2.24) is 21.3 Å². The van der Waals surface area contributed by atoms with E-state index in [4.69, 9.17) is 28.4 Å². The lowest BCUT2D eigenvalue weighted by molar-refractivity contribution is -0.325. The third kappa shape index (κ3) is 24.7. The van der Waals surface area contributed by atoms with Crippen molar-refractivity contribution in [3.63, 3.8) is 0 Å². The molecule has 3 aliphatic rings. The lowest BCUT2D eigenvalue weighted by Crippen LogP contribution is -2.36. The molecule has 4 bridgehead atoms. The third-order valence-corrected chi connectivity index (χ3v) is 11.0. The second-order valence-corrected chi connectivity index (χ2v) is 16.6. The van der Waals surface area contributed by atoms with Crippen molar-refractivity contribution in [2.75, 3.05) is 52.6 Å². The highest BCUT2D eigenvalue weighted by molar-refractivity contribution is 5.76. The van der Waals surface area contributed by atoms with E-state index in [2.05, 4.69) is 21.3 Å². The molecule has 0 aromatic heterocycles. The van der Waals surface area contributed by atoms with Crippen LogP contribution in [0.15, 0.2) is 0 Å². The number of rotatable bonds is 0. The standard InChI is InChI=1S/C44H80N4O10/c1-43-53-31-23-15-21-29-45-39(49)25-17-11-8-4-6-10-14-20-28-42(52)48-34-38-36-56-44(2,58-38)54-32-24-16-22-30-46-40(50)26-18-12-7-3-5-9-13-19-27-41(51)47-33-37(57-43)35-55-43/h37-38H,3-36H2,1-2H3,(H,45,49)(H,46,50)(H,47,51)(H,48,52). The Morgan fingerprint density at radius 3 is 1.02 bits per heavy atom. The van der Waals surface area contributed by atoms with E-state index in [0.29, 0.717) is 78.3 Å². The minimum Gasteiger partial charge on any atom is -0.356 e. The number of nitrogens with one attached hydrogen (secondary N) is 4. The quantitative estimate of drug-likeness (QED) is 0.203. The van der Waals surface area contributed by atoms with Gasteiger partial charge in [0, 0.05) is 65.7 Å². The summed E-state index contributed by atoms with van der Waals surface area (Å²) in [5, 5.41) is 12.0. The number of hydrogen-bond donors (Lipinski definition) is 4. The Kier molecular flexibility index (Phi) is 26.4. The minimum atomic E-state index is -1.10. The van der Waals surface area contributed by atoms with Crippen LogP contribution in [-0.4, -0.2) is 100 Å². The molecule has 14 nitrogen and oxygen atoms in total. The highest BCUT2D eigenvalue weighted by Gasteiger charge is 2.39. The van der Waals surface area contributed by atoms with Crippen LogP contribution in [0.5, 0.6) is 0 Å². The van der Waals surface area contributed by atoms with Crippen molar-refractivity contribution in [1.29, 1.82) is 0 Å². The van der Waals surface area contributed by atoms with Crippen LogP contribution in [0.4, 0.5) is 0 Å². The maximum Gasteiger partial charge on any atom is 0.280 e. The third-order valence-electron chi connectivity index (χ3n) is 11.0. The van der Waals surface area contributed by atoms with Gasteiger partial charge < -0.3 is 49.7 Å². The zero-order valence-corrected chi connectivity index (χ0v) is 36.3. The summed E-state index contributed by atoms with van der Waals surface area (Å²) in [7, 11) is 0. The highest BCUT2D eigenvalue weighted by Crippen LogP contribution is 2.26. The summed E-state index contributed by atoms with van der Waals surface area (Å²) < 4.78 is 35.2. The molecule has 0 radical (unpaired) electrons. The zero-order valence-electron chi connectivity index (χ0n) is 36.3. The fraction of sp³-hybridized carbons (Fsp3) is 0.909. The van der Waals surface area contributed by atoms with Crippen molar-refractivity contribution < 1.29 is 47.6 Å². The van der Waals surface area contributed by atoms with Gasteiger partial charge in [0.2, 0.25) is 23.6 Å². The number of carbonyl (C=O) groups is 4. The average Bonchev–Trinajstić information content (AvgIpc) is 3.78. The molecule has 0 aromatic rings. The first-order valence-corrected chi connectivity index (χ1v) is 23.1. The maximum absolute atomic E-state index is 12.4. The van der Waals surface area contributed by atoms with Crippen molar-refractivity contribution in [2.45, 2.75) is 205 Å². The molecule has 3 fully saturated rings. The van der Waals surface area contributed by atoms with Crippen LogP contribution in [0, 0.1) is 0 Å². The van der Waals surface area contributed by atoms with E-state index in [1.54, 1.807) is 13.8 Å². The molecule has 0 saturated carbocycles. The second-order valence-electron chi connectivity index (χ2n) is 16.6. The smallest absolute Gasteiger partial charge is 0.280 e. The molecule has 3 rings (SSSR count). The first-order valence-electron chi connectivity index (χ1n) is 23.1. The lowest BCUT2D eigenvalue weighted by atomic mass is 10.1. The van der Waals surface area contributed by atoms with Gasteiger partial charge in [0.15, 0.2) is 0 Å². The van der Waals surface area contributed by atoms with E-state index < -0.39 is 11.9 Å². The number of ether oxygens (including phenoxy) is 6. The molecule has 0 aliphatic carbocycles. The van der Waals surface area contributed by atoms with Crippen LogP contribution in [0.25, 0.3) is 0 Å². The van der Waals surface area contributed by atoms with Crippen molar-refractivity contribution in [3.05, 3.63) is 0 Å². The molecule has 4 unspecified atom stereocenters. The van der Waals surface area contributed by atoms with Gasteiger partial charge in [-0.15, -0.1) is 0 Å². The molecule has 3 saturated heterocycles. The van der Waals surface area contributed by atoms with Gasteiger partial charge in [-0.3, -0.25) is 19.2 Å². The Labute approximate surface area is 349 Å². The van der Waals surface area contributed by atoms with E-state index in [1.165, 1.54) is 0 Å². The van der Waals surface area contributed by atoms with Crippen molar-refractivity contribution in [3.8, 4) is 0 Å². The fourth-order valence-corrected chi connectivity index (χ4v) is 7.43. The Morgan fingerprint density at radius 2 is 0.672 bits per heavy atom. The van der Waals surface area contributed by atoms with E-state index in [1.807, 2.05) is 0 Å². The molecular formula is C44H80N4O10. The van der Waals surface area contributed by atoms with E-state index in [-0.39, 0.29) is 35.8 Å². The lowest BCUT2D eigenvalue weighted by Gasteiger charge is -2.23. The zero-order chi connectivity index (χ0) is 41.6. The molecule has 0 aromatic carbocycles. The Hall–Kier alpha value is -2.36. The average molecular weight is 825 g/mol. The summed E-state index contributed by atoms with van der Waals surface area (Å²) in [6.45, 7) is 7.43. The molecule has 3 aliphatic heterocycles. The summed E-state index contributed by atoms with van der Waals surface area (Å²) in [5.41, 5.74) is 0. The predicted molar refractivity (Wildman–Crippen MR) is 222 cm³/mol. The molecule has 3 heterocycles. The molecule has 336 valence electrons. The SMILES string of the molecule is CC12OCCCCCNC(=O)CCCCCCCCCCC(=O)NCC3COC(C)(OCCCCCNC(=O)CCCCCCCCCCC(=O)NCC(CO1)O2)O3. The molecule has 14 heteroatoms. The minimum absolute atomic E-state index is 0.0378. The molecule has 4 atom stereocenters. The highest BCUT2D eigenvalue weighted by atomic mass is 16.9. The Balaban J connectivity index is 1.28. The predicted octanol–water partition coefficient (Wildman–Crippen LogP) is 6.82. The van der Waals surface area contributed by atoms with Crippen molar-refractivity contribution in [2.24, 2.45) is 0 Å². The van der Waals surface area contributed by atoms with Crippen LogP contribution in [0.3, 0.4) is 0 Å². The van der Waals surface area contributed by atoms with E-state index in [9.17, 15) is 19.2 Å². The molecule has 58 heavy (non-hydrogen) atoms. The molecular weight excluding hydrogens is 745 g/mol. The summed E-state index contributed by atoms with van der Waals surface area (Å²) >= 11 is 0.